The number of hydrogen-bond donors (Lipinski definition) is 1. The number of aromatic nitrogens is 1. The topological polar surface area (TPSA) is 28.2 Å². The Morgan fingerprint density at radius 3 is 2.71 bits per heavy atom. The van der Waals surface area contributed by atoms with Crippen molar-refractivity contribution < 1.29 is 4.39 Å². The monoisotopic (exact) mass is 291 g/mol. The van der Waals surface area contributed by atoms with Crippen LogP contribution in [0.1, 0.15) is 50.5 Å². The zero-order valence-electron chi connectivity index (χ0n) is 12.9. The normalized spacial score (nSPS) is 19.7. The summed E-state index contributed by atoms with van der Waals surface area (Å²) >= 11 is 0. The average Bonchev–Trinajstić information content (AvgIpc) is 3.31. The van der Waals surface area contributed by atoms with Crippen LogP contribution in [0.2, 0.25) is 0 Å². The molecule has 0 saturated heterocycles. The average molecular weight is 291 g/mol. The molecular weight excluding hydrogens is 265 g/mol. The molecule has 0 aliphatic heterocycles. The van der Waals surface area contributed by atoms with Gasteiger partial charge in [-0.25, -0.2) is 9.37 Å². The standard InChI is InChI=1S/C17H26FN3/c1-21(12-13-5-3-2-4-6-13)17-16(18)14(9-10-19-17)11-20-15-7-8-15/h9-10,13,15,20H,2-8,11-12H2,1H3. The van der Waals surface area contributed by atoms with Crippen LogP contribution in [0, 0.1) is 11.7 Å². The molecule has 4 heteroatoms. The third kappa shape index (κ3) is 3.94. The molecule has 0 aromatic carbocycles. The number of anilines is 1. The maximum absolute atomic E-state index is 14.6. The fraction of sp³-hybridized carbons (Fsp3) is 0.706. The van der Waals surface area contributed by atoms with Gasteiger partial charge in [-0.2, -0.15) is 0 Å². The van der Waals surface area contributed by atoms with Crippen molar-refractivity contribution in [3.8, 4) is 0 Å². The lowest BCUT2D eigenvalue weighted by Crippen LogP contribution is -2.28. The van der Waals surface area contributed by atoms with Crippen LogP contribution in [0.15, 0.2) is 12.3 Å². The maximum Gasteiger partial charge on any atom is 0.170 e. The first-order valence-electron chi connectivity index (χ1n) is 8.32. The molecule has 0 unspecified atom stereocenters. The Hall–Kier alpha value is -1.16. The fourth-order valence-corrected chi connectivity index (χ4v) is 3.26. The van der Waals surface area contributed by atoms with Crippen molar-refractivity contribution >= 4 is 5.82 Å². The maximum atomic E-state index is 14.6. The molecule has 1 aromatic rings. The molecule has 3 nitrogen and oxygen atoms in total. The van der Waals surface area contributed by atoms with E-state index in [4.69, 9.17) is 0 Å². The molecule has 1 heterocycles. The second kappa shape index (κ2) is 6.73. The van der Waals surface area contributed by atoms with Gasteiger partial charge >= 0.3 is 0 Å². The van der Waals surface area contributed by atoms with Gasteiger partial charge in [-0.1, -0.05) is 19.3 Å². The predicted molar refractivity (Wildman–Crippen MR) is 83.9 cm³/mol. The molecule has 1 N–H and O–H groups in total. The van der Waals surface area contributed by atoms with E-state index in [0.29, 0.717) is 24.3 Å². The molecule has 0 amide bonds. The molecule has 0 atom stereocenters. The van der Waals surface area contributed by atoms with E-state index >= 15 is 0 Å². The lowest BCUT2D eigenvalue weighted by atomic mass is 9.89. The molecule has 2 fully saturated rings. The fourth-order valence-electron chi connectivity index (χ4n) is 3.26. The first-order chi connectivity index (χ1) is 10.2. The number of nitrogens with zero attached hydrogens (tertiary/aromatic N) is 2. The number of pyridine rings is 1. The molecule has 21 heavy (non-hydrogen) atoms. The number of nitrogens with one attached hydrogen (secondary N) is 1. The highest BCUT2D eigenvalue weighted by Crippen LogP contribution is 2.27. The smallest absolute Gasteiger partial charge is 0.170 e. The van der Waals surface area contributed by atoms with Crippen molar-refractivity contribution in [2.24, 2.45) is 5.92 Å². The summed E-state index contributed by atoms with van der Waals surface area (Å²) in [6.07, 6.45) is 10.7. The van der Waals surface area contributed by atoms with Crippen molar-refractivity contribution in [3.05, 3.63) is 23.6 Å². The third-order valence-electron chi connectivity index (χ3n) is 4.73. The molecule has 0 bridgehead atoms. The van der Waals surface area contributed by atoms with Gasteiger partial charge in [0.2, 0.25) is 0 Å². The minimum atomic E-state index is -0.149. The van der Waals surface area contributed by atoms with E-state index in [0.717, 1.165) is 12.1 Å². The largest absolute Gasteiger partial charge is 0.357 e. The zero-order valence-corrected chi connectivity index (χ0v) is 12.9. The van der Waals surface area contributed by atoms with E-state index < -0.39 is 0 Å². The molecule has 0 spiro atoms. The summed E-state index contributed by atoms with van der Waals surface area (Å²) in [6.45, 7) is 1.53. The van der Waals surface area contributed by atoms with Crippen LogP contribution < -0.4 is 10.2 Å². The van der Waals surface area contributed by atoms with Crippen LogP contribution in [0.25, 0.3) is 0 Å². The van der Waals surface area contributed by atoms with Gasteiger partial charge in [-0.15, -0.1) is 0 Å². The van der Waals surface area contributed by atoms with Crippen LogP contribution in [-0.4, -0.2) is 24.6 Å². The van der Waals surface area contributed by atoms with Crippen molar-refractivity contribution in [1.82, 2.24) is 10.3 Å². The van der Waals surface area contributed by atoms with E-state index in [1.807, 2.05) is 11.9 Å². The highest BCUT2D eigenvalue weighted by molar-refractivity contribution is 5.42. The molecule has 2 saturated carbocycles. The number of hydrogen-bond acceptors (Lipinski definition) is 3. The van der Waals surface area contributed by atoms with Crippen LogP contribution in [-0.2, 0) is 6.54 Å². The minimum absolute atomic E-state index is 0.149. The van der Waals surface area contributed by atoms with E-state index in [2.05, 4.69) is 10.3 Å². The second-order valence-electron chi connectivity index (χ2n) is 6.65. The van der Waals surface area contributed by atoms with Gasteiger partial charge in [-0.05, 0) is 37.7 Å². The summed E-state index contributed by atoms with van der Waals surface area (Å²) in [5.74, 6) is 1.05. The Bertz CT molecular complexity index is 467. The van der Waals surface area contributed by atoms with Gasteiger partial charge in [0, 0.05) is 37.9 Å². The first-order valence-corrected chi connectivity index (χ1v) is 8.32. The van der Waals surface area contributed by atoms with Gasteiger partial charge in [-0.3, -0.25) is 0 Å². The van der Waals surface area contributed by atoms with Gasteiger partial charge in [0.1, 0.15) is 0 Å². The Morgan fingerprint density at radius 1 is 1.24 bits per heavy atom. The second-order valence-corrected chi connectivity index (χ2v) is 6.65. The Kier molecular flexibility index (Phi) is 4.73. The molecule has 3 rings (SSSR count). The summed E-state index contributed by atoms with van der Waals surface area (Å²) in [6, 6.07) is 2.39. The number of rotatable bonds is 6. The summed E-state index contributed by atoms with van der Waals surface area (Å²) in [4.78, 5) is 6.28. The Labute approximate surface area is 126 Å². The Balaban J connectivity index is 1.63. The minimum Gasteiger partial charge on any atom is -0.357 e. The summed E-state index contributed by atoms with van der Waals surface area (Å²) in [7, 11) is 1.97. The lowest BCUT2D eigenvalue weighted by molar-refractivity contribution is 0.360. The lowest BCUT2D eigenvalue weighted by Gasteiger charge is -2.28. The highest BCUT2D eigenvalue weighted by atomic mass is 19.1. The summed E-state index contributed by atoms with van der Waals surface area (Å²) < 4.78 is 14.6. The van der Waals surface area contributed by atoms with Crippen molar-refractivity contribution in [3.63, 3.8) is 0 Å². The first kappa shape index (κ1) is 14.8. The van der Waals surface area contributed by atoms with E-state index in [-0.39, 0.29) is 5.82 Å². The van der Waals surface area contributed by atoms with Gasteiger partial charge < -0.3 is 10.2 Å². The third-order valence-corrected chi connectivity index (χ3v) is 4.73. The molecule has 2 aliphatic carbocycles. The van der Waals surface area contributed by atoms with Gasteiger partial charge in [0.15, 0.2) is 11.6 Å². The molecule has 0 radical (unpaired) electrons. The number of halogens is 1. The van der Waals surface area contributed by atoms with Crippen molar-refractivity contribution in [1.29, 1.82) is 0 Å². The van der Waals surface area contributed by atoms with E-state index in [1.54, 1.807) is 12.3 Å². The Morgan fingerprint density at radius 2 is 2.00 bits per heavy atom. The van der Waals surface area contributed by atoms with E-state index in [1.165, 1.54) is 44.9 Å². The van der Waals surface area contributed by atoms with Crippen molar-refractivity contribution in [2.45, 2.75) is 57.5 Å². The molecule has 1 aromatic heterocycles. The van der Waals surface area contributed by atoms with Crippen molar-refractivity contribution in [2.75, 3.05) is 18.5 Å². The molecule has 2 aliphatic rings. The van der Waals surface area contributed by atoms with Crippen LogP contribution in [0.3, 0.4) is 0 Å². The van der Waals surface area contributed by atoms with Crippen LogP contribution >= 0.6 is 0 Å². The van der Waals surface area contributed by atoms with Gasteiger partial charge in [0.25, 0.3) is 0 Å². The predicted octanol–water partition coefficient (Wildman–Crippen LogP) is 3.49. The zero-order chi connectivity index (χ0) is 14.7. The molecular formula is C17H26FN3. The van der Waals surface area contributed by atoms with Gasteiger partial charge in [0.05, 0.1) is 0 Å². The highest BCUT2D eigenvalue weighted by Gasteiger charge is 2.22. The van der Waals surface area contributed by atoms with Crippen LogP contribution in [0.4, 0.5) is 10.2 Å². The van der Waals surface area contributed by atoms with E-state index in [9.17, 15) is 4.39 Å². The quantitative estimate of drug-likeness (QED) is 0.869. The molecule has 116 valence electrons. The SMILES string of the molecule is CN(CC1CCCCC1)c1nccc(CNC2CC2)c1F. The summed E-state index contributed by atoms with van der Waals surface area (Å²) in [5, 5.41) is 3.37. The van der Waals surface area contributed by atoms with Crippen LogP contribution in [0.5, 0.6) is 0 Å². The summed E-state index contributed by atoms with van der Waals surface area (Å²) in [5.41, 5.74) is 0.738.